The molecule has 20 heavy (non-hydrogen) atoms. The first kappa shape index (κ1) is 12.9. The second-order valence-electron chi connectivity index (χ2n) is 4.70. The number of hydrogen-bond donors (Lipinski definition) is 2. The highest BCUT2D eigenvalue weighted by Crippen LogP contribution is 2.18. The van der Waals surface area contributed by atoms with Crippen molar-refractivity contribution in [2.75, 3.05) is 5.32 Å². The number of aromatic nitrogens is 2. The molecular formula is C13H14N4O2S. The molecule has 2 amide bonds. The number of thiophene rings is 1. The average molecular weight is 290 g/mol. The van der Waals surface area contributed by atoms with E-state index in [1.165, 1.54) is 22.2 Å². The first-order valence-electron chi connectivity index (χ1n) is 6.37. The molecule has 1 aliphatic carbocycles. The number of amides is 2. The van der Waals surface area contributed by atoms with Crippen molar-refractivity contribution >= 4 is 28.8 Å². The Morgan fingerprint density at radius 2 is 2.30 bits per heavy atom. The van der Waals surface area contributed by atoms with Gasteiger partial charge in [0.25, 0.3) is 5.91 Å². The molecule has 1 fully saturated rings. The summed E-state index contributed by atoms with van der Waals surface area (Å²) in [4.78, 5) is 24.1. The van der Waals surface area contributed by atoms with E-state index in [0.717, 1.165) is 12.8 Å². The summed E-state index contributed by atoms with van der Waals surface area (Å²) in [6, 6.07) is 3.93. The number of nitrogens with zero attached hydrogens (tertiary/aromatic N) is 2. The van der Waals surface area contributed by atoms with Crippen LogP contribution in [-0.4, -0.2) is 27.6 Å². The molecule has 0 bridgehead atoms. The Labute approximate surface area is 119 Å². The molecule has 2 aromatic rings. The molecule has 0 aliphatic heterocycles. The second kappa shape index (κ2) is 5.46. The van der Waals surface area contributed by atoms with Crippen LogP contribution in [0.25, 0.3) is 0 Å². The summed E-state index contributed by atoms with van der Waals surface area (Å²) in [7, 11) is 0. The van der Waals surface area contributed by atoms with Crippen LogP contribution in [0.4, 0.5) is 5.69 Å². The van der Waals surface area contributed by atoms with Crippen LogP contribution in [0.3, 0.4) is 0 Å². The molecule has 2 N–H and O–H groups in total. The zero-order chi connectivity index (χ0) is 13.9. The Balaban J connectivity index is 1.56. The van der Waals surface area contributed by atoms with Gasteiger partial charge < -0.3 is 10.6 Å². The van der Waals surface area contributed by atoms with Gasteiger partial charge >= 0.3 is 0 Å². The largest absolute Gasteiger partial charge is 0.352 e. The molecule has 0 saturated heterocycles. The summed E-state index contributed by atoms with van der Waals surface area (Å²) in [6.45, 7) is 0.172. The number of carbonyl (C=O) groups is 2. The van der Waals surface area contributed by atoms with Crippen LogP contribution in [0.15, 0.2) is 29.9 Å². The van der Waals surface area contributed by atoms with E-state index in [0.29, 0.717) is 16.6 Å². The standard InChI is InChI=1S/C13H14N4O2S/c18-12(15-9-3-4-9)8-17-7-10(6-14-17)16-13(19)11-2-1-5-20-11/h1-2,5-7,9H,3-4,8H2,(H,15,18)(H,16,19). The van der Waals surface area contributed by atoms with Crippen molar-refractivity contribution < 1.29 is 9.59 Å². The van der Waals surface area contributed by atoms with Crippen molar-refractivity contribution in [3.05, 3.63) is 34.8 Å². The maximum absolute atomic E-state index is 11.8. The van der Waals surface area contributed by atoms with Crippen LogP contribution in [0, 0.1) is 0 Å². The average Bonchev–Trinajstić information content (AvgIpc) is 2.93. The highest BCUT2D eigenvalue weighted by atomic mass is 32.1. The van der Waals surface area contributed by atoms with Crippen LogP contribution in [0.2, 0.25) is 0 Å². The molecule has 2 heterocycles. The Bertz CT molecular complexity index is 616. The third-order valence-electron chi connectivity index (χ3n) is 2.88. The fourth-order valence-electron chi connectivity index (χ4n) is 1.76. The second-order valence-corrected chi connectivity index (χ2v) is 5.65. The number of anilines is 1. The first-order chi connectivity index (χ1) is 9.70. The van der Waals surface area contributed by atoms with E-state index in [1.807, 2.05) is 11.4 Å². The van der Waals surface area contributed by atoms with Crippen molar-refractivity contribution in [3.8, 4) is 0 Å². The first-order valence-corrected chi connectivity index (χ1v) is 7.25. The van der Waals surface area contributed by atoms with Gasteiger partial charge in [-0.2, -0.15) is 5.10 Å². The van der Waals surface area contributed by atoms with Gasteiger partial charge in [-0.1, -0.05) is 6.07 Å². The summed E-state index contributed by atoms with van der Waals surface area (Å²) in [6.07, 6.45) is 5.31. The Hall–Kier alpha value is -2.15. The predicted octanol–water partition coefficient (Wildman–Crippen LogP) is 1.48. The molecule has 6 nitrogen and oxygen atoms in total. The van der Waals surface area contributed by atoms with Crippen LogP contribution in [0.5, 0.6) is 0 Å². The molecule has 7 heteroatoms. The van der Waals surface area contributed by atoms with E-state index < -0.39 is 0 Å². The molecule has 104 valence electrons. The molecule has 0 unspecified atom stereocenters. The van der Waals surface area contributed by atoms with Gasteiger partial charge in [-0.05, 0) is 24.3 Å². The molecule has 0 aromatic carbocycles. The van der Waals surface area contributed by atoms with Gasteiger partial charge in [0.05, 0.1) is 16.8 Å². The molecule has 0 spiro atoms. The molecule has 1 saturated carbocycles. The Morgan fingerprint density at radius 1 is 1.45 bits per heavy atom. The summed E-state index contributed by atoms with van der Waals surface area (Å²) >= 11 is 1.38. The van der Waals surface area contributed by atoms with Gasteiger partial charge in [0.15, 0.2) is 0 Å². The number of rotatable bonds is 5. The van der Waals surface area contributed by atoms with Crippen LogP contribution < -0.4 is 10.6 Å². The van der Waals surface area contributed by atoms with Gasteiger partial charge in [0.2, 0.25) is 5.91 Å². The topological polar surface area (TPSA) is 76.0 Å². The lowest BCUT2D eigenvalue weighted by Crippen LogP contribution is -2.29. The maximum atomic E-state index is 11.8. The van der Waals surface area contributed by atoms with E-state index in [2.05, 4.69) is 15.7 Å². The third kappa shape index (κ3) is 3.24. The van der Waals surface area contributed by atoms with E-state index >= 15 is 0 Å². The van der Waals surface area contributed by atoms with E-state index in [4.69, 9.17) is 0 Å². The number of nitrogens with one attached hydrogen (secondary N) is 2. The molecule has 2 aromatic heterocycles. The Kier molecular flexibility index (Phi) is 3.51. The van der Waals surface area contributed by atoms with Gasteiger partial charge in [0, 0.05) is 12.2 Å². The zero-order valence-electron chi connectivity index (χ0n) is 10.7. The SMILES string of the molecule is O=C(Cn1cc(NC(=O)c2cccs2)cn1)NC1CC1. The van der Waals surface area contributed by atoms with Gasteiger partial charge in [0.1, 0.15) is 6.54 Å². The van der Waals surface area contributed by atoms with E-state index in [-0.39, 0.29) is 18.4 Å². The minimum atomic E-state index is -0.165. The molecular weight excluding hydrogens is 276 g/mol. The zero-order valence-corrected chi connectivity index (χ0v) is 11.5. The van der Waals surface area contributed by atoms with E-state index in [1.54, 1.807) is 12.3 Å². The van der Waals surface area contributed by atoms with Crippen molar-refractivity contribution in [1.82, 2.24) is 15.1 Å². The van der Waals surface area contributed by atoms with Crippen LogP contribution in [0.1, 0.15) is 22.5 Å². The van der Waals surface area contributed by atoms with Crippen molar-refractivity contribution in [1.29, 1.82) is 0 Å². The summed E-state index contributed by atoms with van der Waals surface area (Å²) in [5.41, 5.74) is 0.586. The molecule has 0 atom stereocenters. The highest BCUT2D eigenvalue weighted by molar-refractivity contribution is 7.12. The lowest BCUT2D eigenvalue weighted by molar-refractivity contribution is -0.122. The van der Waals surface area contributed by atoms with Gasteiger partial charge in [-0.3, -0.25) is 14.3 Å². The van der Waals surface area contributed by atoms with Crippen molar-refractivity contribution in [3.63, 3.8) is 0 Å². The lowest BCUT2D eigenvalue weighted by atomic mass is 10.4. The third-order valence-corrected chi connectivity index (χ3v) is 3.75. The summed E-state index contributed by atoms with van der Waals surface area (Å²) in [5.74, 6) is -0.214. The molecule has 0 radical (unpaired) electrons. The summed E-state index contributed by atoms with van der Waals surface area (Å²) in [5, 5.41) is 11.5. The fraction of sp³-hybridized carbons (Fsp3) is 0.308. The highest BCUT2D eigenvalue weighted by Gasteiger charge is 2.23. The van der Waals surface area contributed by atoms with Crippen molar-refractivity contribution in [2.45, 2.75) is 25.4 Å². The van der Waals surface area contributed by atoms with Crippen molar-refractivity contribution in [2.24, 2.45) is 0 Å². The fourth-order valence-corrected chi connectivity index (χ4v) is 2.38. The predicted molar refractivity (Wildman–Crippen MR) is 75.7 cm³/mol. The quantitative estimate of drug-likeness (QED) is 0.875. The minimum absolute atomic E-state index is 0.0493. The summed E-state index contributed by atoms with van der Waals surface area (Å²) < 4.78 is 1.52. The normalized spacial score (nSPS) is 14.0. The smallest absolute Gasteiger partial charge is 0.265 e. The minimum Gasteiger partial charge on any atom is -0.352 e. The van der Waals surface area contributed by atoms with Crippen LogP contribution >= 0.6 is 11.3 Å². The van der Waals surface area contributed by atoms with Gasteiger partial charge in [-0.15, -0.1) is 11.3 Å². The monoisotopic (exact) mass is 290 g/mol. The number of carbonyl (C=O) groups excluding carboxylic acids is 2. The van der Waals surface area contributed by atoms with E-state index in [9.17, 15) is 9.59 Å². The molecule has 1 aliphatic rings. The molecule has 3 rings (SSSR count). The maximum Gasteiger partial charge on any atom is 0.265 e. The Morgan fingerprint density at radius 3 is 3.00 bits per heavy atom. The lowest BCUT2D eigenvalue weighted by Gasteiger charge is -2.02. The number of hydrogen-bond acceptors (Lipinski definition) is 4. The van der Waals surface area contributed by atoms with Crippen LogP contribution in [-0.2, 0) is 11.3 Å². The van der Waals surface area contributed by atoms with Gasteiger partial charge in [-0.25, -0.2) is 0 Å².